The Bertz CT molecular complexity index is 512. The molecule has 0 fully saturated rings. The van der Waals surface area contributed by atoms with Crippen LogP contribution in [0.2, 0.25) is 0 Å². The van der Waals surface area contributed by atoms with Crippen molar-refractivity contribution in [1.29, 1.82) is 0 Å². The second kappa shape index (κ2) is 5.12. The van der Waals surface area contributed by atoms with Gasteiger partial charge in [-0.1, -0.05) is 30.3 Å². The molecule has 2 N–H and O–H groups in total. The van der Waals surface area contributed by atoms with E-state index in [1.54, 1.807) is 0 Å². The van der Waals surface area contributed by atoms with Crippen molar-refractivity contribution in [2.45, 2.75) is 6.54 Å². The maximum atomic E-state index is 10.8. The van der Waals surface area contributed by atoms with E-state index >= 15 is 0 Å². The van der Waals surface area contributed by atoms with Crippen molar-refractivity contribution < 1.29 is 9.90 Å². The fourth-order valence-corrected chi connectivity index (χ4v) is 1.45. The lowest BCUT2D eigenvalue weighted by Crippen LogP contribution is -2.03. The number of carboxylic acids is 1. The van der Waals surface area contributed by atoms with Crippen molar-refractivity contribution in [2.75, 3.05) is 5.32 Å². The minimum absolute atomic E-state index is 0.232. The van der Waals surface area contributed by atoms with Crippen LogP contribution < -0.4 is 5.32 Å². The third-order valence-electron chi connectivity index (χ3n) is 2.32. The normalized spacial score (nSPS) is 9.88. The fraction of sp³-hybridized carbons (Fsp3) is 0.0769. The summed E-state index contributed by atoms with van der Waals surface area (Å²) in [6.07, 6.45) is 1.48. The van der Waals surface area contributed by atoms with E-state index in [1.807, 2.05) is 30.3 Å². The predicted molar refractivity (Wildman–Crippen MR) is 65.0 cm³/mol. The monoisotopic (exact) mass is 228 g/mol. The second-order valence-corrected chi connectivity index (χ2v) is 3.57. The number of hydrogen-bond donors (Lipinski definition) is 2. The summed E-state index contributed by atoms with van der Waals surface area (Å²) in [5.74, 6) is -0.385. The standard InChI is InChI=1S/C13H12N2O2/c16-13(17)11-6-7-14-12(8-11)15-9-10-4-2-1-3-5-10/h1-8H,9H2,(H,14,15)(H,16,17). The Balaban J connectivity index is 2.04. The average Bonchev–Trinajstić information content (AvgIpc) is 2.38. The summed E-state index contributed by atoms with van der Waals surface area (Å²) in [6.45, 7) is 0.622. The van der Waals surface area contributed by atoms with Gasteiger partial charge >= 0.3 is 5.97 Å². The number of hydrogen-bond acceptors (Lipinski definition) is 3. The molecule has 0 spiro atoms. The van der Waals surface area contributed by atoms with Crippen LogP contribution in [0, 0.1) is 0 Å². The van der Waals surface area contributed by atoms with E-state index in [-0.39, 0.29) is 5.56 Å². The third-order valence-corrected chi connectivity index (χ3v) is 2.32. The molecule has 0 amide bonds. The van der Waals surface area contributed by atoms with E-state index in [9.17, 15) is 4.79 Å². The molecule has 2 rings (SSSR count). The van der Waals surface area contributed by atoms with Gasteiger partial charge in [-0.3, -0.25) is 0 Å². The smallest absolute Gasteiger partial charge is 0.335 e. The van der Waals surface area contributed by atoms with E-state index in [0.29, 0.717) is 12.4 Å². The molecule has 17 heavy (non-hydrogen) atoms. The summed E-state index contributed by atoms with van der Waals surface area (Å²) in [7, 11) is 0. The number of anilines is 1. The first-order chi connectivity index (χ1) is 8.25. The molecule has 0 aliphatic heterocycles. The summed E-state index contributed by atoms with van der Waals surface area (Å²) in [4.78, 5) is 14.8. The number of rotatable bonds is 4. The average molecular weight is 228 g/mol. The minimum atomic E-state index is -0.949. The van der Waals surface area contributed by atoms with E-state index in [4.69, 9.17) is 5.11 Å². The van der Waals surface area contributed by atoms with Crippen LogP contribution in [0.15, 0.2) is 48.7 Å². The van der Waals surface area contributed by atoms with Gasteiger partial charge in [0.05, 0.1) is 5.56 Å². The highest BCUT2D eigenvalue weighted by Crippen LogP contribution is 2.08. The number of nitrogens with zero attached hydrogens (tertiary/aromatic N) is 1. The highest BCUT2D eigenvalue weighted by Gasteiger charge is 2.03. The molecule has 0 radical (unpaired) electrons. The van der Waals surface area contributed by atoms with Crippen molar-refractivity contribution in [2.24, 2.45) is 0 Å². The molecule has 1 aromatic heterocycles. The van der Waals surface area contributed by atoms with Crippen molar-refractivity contribution in [1.82, 2.24) is 4.98 Å². The number of nitrogens with one attached hydrogen (secondary N) is 1. The van der Waals surface area contributed by atoms with E-state index in [1.165, 1.54) is 18.3 Å². The zero-order valence-corrected chi connectivity index (χ0v) is 9.13. The zero-order chi connectivity index (χ0) is 12.1. The molecule has 0 atom stereocenters. The van der Waals surface area contributed by atoms with Crippen molar-refractivity contribution in [3.05, 3.63) is 59.8 Å². The lowest BCUT2D eigenvalue weighted by molar-refractivity contribution is 0.0697. The van der Waals surface area contributed by atoms with Crippen LogP contribution >= 0.6 is 0 Å². The van der Waals surface area contributed by atoms with Crippen LogP contribution in [0.25, 0.3) is 0 Å². The molecule has 4 nitrogen and oxygen atoms in total. The van der Waals surface area contributed by atoms with Crippen LogP contribution in [0.1, 0.15) is 15.9 Å². The van der Waals surface area contributed by atoms with Crippen LogP contribution in [-0.4, -0.2) is 16.1 Å². The Labute approximate surface area is 98.9 Å². The van der Waals surface area contributed by atoms with Gasteiger partial charge in [-0.05, 0) is 17.7 Å². The first-order valence-electron chi connectivity index (χ1n) is 5.23. The lowest BCUT2D eigenvalue weighted by atomic mass is 10.2. The quantitative estimate of drug-likeness (QED) is 0.843. The first kappa shape index (κ1) is 11.1. The van der Waals surface area contributed by atoms with Crippen LogP contribution in [-0.2, 0) is 6.54 Å². The zero-order valence-electron chi connectivity index (χ0n) is 9.13. The van der Waals surface area contributed by atoms with Gasteiger partial charge in [-0.25, -0.2) is 9.78 Å². The first-order valence-corrected chi connectivity index (χ1v) is 5.23. The van der Waals surface area contributed by atoms with Crippen LogP contribution in [0.4, 0.5) is 5.82 Å². The molecule has 0 saturated heterocycles. The minimum Gasteiger partial charge on any atom is -0.478 e. The van der Waals surface area contributed by atoms with Gasteiger partial charge in [-0.15, -0.1) is 0 Å². The van der Waals surface area contributed by atoms with Gasteiger partial charge in [0.2, 0.25) is 0 Å². The molecular weight excluding hydrogens is 216 g/mol. The Morgan fingerprint density at radius 1 is 1.24 bits per heavy atom. The highest BCUT2D eigenvalue weighted by atomic mass is 16.4. The molecule has 0 aliphatic rings. The number of aromatic carboxylic acids is 1. The molecule has 4 heteroatoms. The van der Waals surface area contributed by atoms with Crippen LogP contribution in [0.3, 0.4) is 0 Å². The predicted octanol–water partition coefficient (Wildman–Crippen LogP) is 2.39. The molecule has 1 heterocycles. The molecule has 0 bridgehead atoms. The van der Waals surface area contributed by atoms with Gasteiger partial charge in [0.15, 0.2) is 0 Å². The van der Waals surface area contributed by atoms with Gasteiger partial charge in [0.1, 0.15) is 5.82 Å². The summed E-state index contributed by atoms with van der Waals surface area (Å²) in [5.41, 5.74) is 1.35. The Kier molecular flexibility index (Phi) is 3.35. The highest BCUT2D eigenvalue weighted by molar-refractivity contribution is 5.88. The number of carbonyl (C=O) groups is 1. The summed E-state index contributed by atoms with van der Waals surface area (Å²) in [5, 5.41) is 11.9. The Hall–Kier alpha value is -2.36. The molecule has 86 valence electrons. The molecular formula is C13H12N2O2. The summed E-state index contributed by atoms with van der Waals surface area (Å²) < 4.78 is 0. The summed E-state index contributed by atoms with van der Waals surface area (Å²) in [6, 6.07) is 12.8. The van der Waals surface area contributed by atoms with Crippen LogP contribution in [0.5, 0.6) is 0 Å². The van der Waals surface area contributed by atoms with Gasteiger partial charge < -0.3 is 10.4 Å². The number of carboxylic acid groups (broad SMARTS) is 1. The van der Waals surface area contributed by atoms with Crippen molar-refractivity contribution in [3.63, 3.8) is 0 Å². The molecule has 1 aromatic carbocycles. The SMILES string of the molecule is O=C(O)c1ccnc(NCc2ccccc2)c1. The number of aromatic nitrogens is 1. The van der Waals surface area contributed by atoms with Gasteiger partial charge in [0.25, 0.3) is 0 Å². The van der Waals surface area contributed by atoms with Crippen molar-refractivity contribution >= 4 is 11.8 Å². The van der Waals surface area contributed by atoms with Gasteiger partial charge in [-0.2, -0.15) is 0 Å². The number of pyridine rings is 1. The Morgan fingerprint density at radius 3 is 2.71 bits per heavy atom. The largest absolute Gasteiger partial charge is 0.478 e. The molecule has 0 saturated carbocycles. The van der Waals surface area contributed by atoms with Crippen molar-refractivity contribution in [3.8, 4) is 0 Å². The maximum absolute atomic E-state index is 10.8. The topological polar surface area (TPSA) is 62.2 Å². The lowest BCUT2D eigenvalue weighted by Gasteiger charge is -2.05. The molecule has 0 unspecified atom stereocenters. The Morgan fingerprint density at radius 2 is 2.00 bits per heavy atom. The molecule has 0 aliphatic carbocycles. The third kappa shape index (κ3) is 3.04. The second-order valence-electron chi connectivity index (χ2n) is 3.57. The van der Waals surface area contributed by atoms with Gasteiger partial charge in [0, 0.05) is 12.7 Å². The van der Waals surface area contributed by atoms with E-state index in [2.05, 4.69) is 10.3 Å². The maximum Gasteiger partial charge on any atom is 0.335 e. The number of benzene rings is 1. The fourth-order valence-electron chi connectivity index (χ4n) is 1.45. The summed E-state index contributed by atoms with van der Waals surface area (Å²) >= 11 is 0. The molecule has 2 aromatic rings. The van der Waals surface area contributed by atoms with E-state index in [0.717, 1.165) is 5.56 Å². The van der Waals surface area contributed by atoms with E-state index < -0.39 is 5.97 Å².